The Kier molecular flexibility index (Phi) is 5.74. The van der Waals surface area contributed by atoms with Gasteiger partial charge < -0.3 is 15.3 Å². The van der Waals surface area contributed by atoms with Crippen LogP contribution in [0.15, 0.2) is 24.3 Å². The van der Waals surface area contributed by atoms with E-state index in [0.717, 1.165) is 12.0 Å². The molecule has 7 nitrogen and oxygen atoms in total. The summed E-state index contributed by atoms with van der Waals surface area (Å²) in [6, 6.07) is 8.04. The van der Waals surface area contributed by atoms with Crippen LogP contribution in [0.5, 0.6) is 0 Å². The molecule has 3 N–H and O–H groups in total. The lowest BCUT2D eigenvalue weighted by Crippen LogP contribution is -2.28. The molecule has 2 aliphatic rings. The van der Waals surface area contributed by atoms with Gasteiger partial charge in [0.15, 0.2) is 0 Å². The van der Waals surface area contributed by atoms with Crippen molar-refractivity contribution in [1.82, 2.24) is 4.90 Å². The van der Waals surface area contributed by atoms with Crippen molar-refractivity contribution in [2.24, 2.45) is 10.8 Å². The summed E-state index contributed by atoms with van der Waals surface area (Å²) < 4.78 is 31.7. The number of benzene rings is 1. The Bertz CT molecular complexity index is 768. The Morgan fingerprint density at radius 1 is 1.00 bits per heavy atom. The second-order valence-electron chi connectivity index (χ2n) is 7.02. The van der Waals surface area contributed by atoms with Gasteiger partial charge in [-0.3, -0.25) is 14.5 Å². The number of likely N-dealkylation sites (tertiary alicyclic amines) is 1. The molecule has 0 aromatic heterocycles. The van der Waals surface area contributed by atoms with Gasteiger partial charge in [0.05, 0.1) is 10.8 Å². The first-order valence-corrected chi connectivity index (χ1v) is 8.45. The van der Waals surface area contributed by atoms with Crippen molar-refractivity contribution in [1.29, 1.82) is 0 Å². The summed E-state index contributed by atoms with van der Waals surface area (Å²) in [6.07, 6.45) is -3.91. The molecule has 1 aromatic carbocycles. The number of alkyl halides is 3. The quantitative estimate of drug-likeness (QED) is 0.691. The highest BCUT2D eigenvalue weighted by atomic mass is 19.4. The van der Waals surface area contributed by atoms with Gasteiger partial charge in [0.2, 0.25) is 0 Å². The van der Waals surface area contributed by atoms with Gasteiger partial charge in [0.1, 0.15) is 0 Å². The molecule has 2 atom stereocenters. The molecular weight excluding hydrogens is 383 g/mol. The molecule has 1 heterocycles. The molecule has 1 aromatic rings. The number of carboxylic acid groups (broad SMARTS) is 3. The largest absolute Gasteiger partial charge is 0.490 e. The predicted molar refractivity (Wildman–Crippen MR) is 89.5 cm³/mol. The first-order valence-electron chi connectivity index (χ1n) is 8.45. The van der Waals surface area contributed by atoms with Crippen molar-refractivity contribution in [3.63, 3.8) is 0 Å². The third-order valence-electron chi connectivity index (χ3n) is 5.34. The topological polar surface area (TPSA) is 115 Å². The molecule has 0 spiro atoms. The smallest absolute Gasteiger partial charge is 0.481 e. The van der Waals surface area contributed by atoms with Gasteiger partial charge in [-0.2, -0.15) is 13.2 Å². The van der Waals surface area contributed by atoms with E-state index in [1.807, 2.05) is 23.1 Å². The van der Waals surface area contributed by atoms with Crippen molar-refractivity contribution in [3.05, 3.63) is 35.4 Å². The van der Waals surface area contributed by atoms with E-state index in [4.69, 9.17) is 9.90 Å². The minimum Gasteiger partial charge on any atom is -0.481 e. The van der Waals surface area contributed by atoms with E-state index in [1.165, 1.54) is 5.56 Å². The van der Waals surface area contributed by atoms with Crippen LogP contribution >= 0.6 is 0 Å². The van der Waals surface area contributed by atoms with Crippen molar-refractivity contribution in [2.45, 2.75) is 32.5 Å². The van der Waals surface area contributed by atoms with Crippen LogP contribution in [0.25, 0.3) is 0 Å². The summed E-state index contributed by atoms with van der Waals surface area (Å²) in [7, 11) is 0. The number of nitrogens with zero attached hydrogens (tertiary/aromatic N) is 1. The standard InChI is InChI=1S/C16H19NO4.C2HF3O2/c1-2-11-5-3-4-6-12(11)7-17-9-15(13(18)19)8-16(15,10-17)14(20)21;3-2(4,5)1(6)7/h3-6H,2,7-10H2,1H3,(H,18,19)(H,20,21);(H,6,7)/t15-,16+;. The van der Waals surface area contributed by atoms with Crippen LogP contribution in [0.1, 0.15) is 24.5 Å². The maximum absolute atomic E-state index is 11.5. The number of piperidine rings is 1. The third-order valence-corrected chi connectivity index (χ3v) is 5.34. The van der Waals surface area contributed by atoms with Crippen LogP contribution in [0.2, 0.25) is 0 Å². The molecule has 3 rings (SSSR count). The molecule has 2 fully saturated rings. The highest BCUT2D eigenvalue weighted by molar-refractivity contribution is 5.94. The minimum atomic E-state index is -5.08. The number of fused-ring (bicyclic) bond motifs is 1. The van der Waals surface area contributed by atoms with E-state index in [-0.39, 0.29) is 6.42 Å². The van der Waals surface area contributed by atoms with E-state index < -0.39 is 34.9 Å². The molecule has 1 saturated carbocycles. The van der Waals surface area contributed by atoms with E-state index in [0.29, 0.717) is 19.6 Å². The van der Waals surface area contributed by atoms with E-state index in [9.17, 15) is 33.0 Å². The van der Waals surface area contributed by atoms with Crippen molar-refractivity contribution < 1.29 is 42.9 Å². The zero-order chi connectivity index (χ0) is 21.3. The Labute approximate surface area is 158 Å². The number of hydrogen-bond donors (Lipinski definition) is 3. The fourth-order valence-corrected chi connectivity index (χ4v) is 3.81. The van der Waals surface area contributed by atoms with Gasteiger partial charge in [-0.25, -0.2) is 4.79 Å². The minimum absolute atomic E-state index is 0.261. The second-order valence-corrected chi connectivity index (χ2v) is 7.02. The summed E-state index contributed by atoms with van der Waals surface area (Å²) in [5.74, 6) is -4.71. The van der Waals surface area contributed by atoms with Crippen LogP contribution in [-0.2, 0) is 27.3 Å². The molecule has 0 amide bonds. The molecule has 1 aliphatic carbocycles. The molecule has 0 unspecified atom stereocenters. The number of carbonyl (C=O) groups is 3. The number of halogens is 3. The van der Waals surface area contributed by atoms with Gasteiger partial charge in [-0.05, 0) is 24.0 Å². The molecule has 1 saturated heterocycles. The molecule has 28 heavy (non-hydrogen) atoms. The van der Waals surface area contributed by atoms with Crippen LogP contribution < -0.4 is 0 Å². The Hall–Kier alpha value is -2.62. The maximum Gasteiger partial charge on any atom is 0.490 e. The Balaban J connectivity index is 0.000000345. The molecular formula is C18H20F3NO6. The summed E-state index contributed by atoms with van der Waals surface area (Å²) in [6.45, 7) is 3.35. The second kappa shape index (κ2) is 7.42. The van der Waals surface area contributed by atoms with Crippen LogP contribution in [-0.4, -0.2) is 57.4 Å². The Morgan fingerprint density at radius 3 is 1.79 bits per heavy atom. The number of carboxylic acids is 3. The molecule has 10 heteroatoms. The number of hydrogen-bond acceptors (Lipinski definition) is 4. The van der Waals surface area contributed by atoms with Crippen molar-refractivity contribution >= 4 is 17.9 Å². The first-order chi connectivity index (χ1) is 12.9. The normalized spacial score (nSPS) is 26.0. The number of aryl methyl sites for hydroxylation is 1. The van der Waals surface area contributed by atoms with Gasteiger partial charge in [0, 0.05) is 19.6 Å². The van der Waals surface area contributed by atoms with Gasteiger partial charge >= 0.3 is 24.1 Å². The van der Waals surface area contributed by atoms with Gasteiger partial charge in [-0.1, -0.05) is 31.2 Å². The lowest BCUT2D eigenvalue weighted by atomic mass is 9.97. The number of rotatable bonds is 5. The van der Waals surface area contributed by atoms with E-state index in [2.05, 4.69) is 13.0 Å². The SMILES string of the molecule is CCc1ccccc1CN1C[C@@]2(C(=O)O)C[C@@]2(C(=O)O)C1.O=C(O)C(F)(F)F. The van der Waals surface area contributed by atoms with Crippen molar-refractivity contribution in [2.75, 3.05) is 13.1 Å². The molecule has 154 valence electrons. The predicted octanol–water partition coefficient (Wildman–Crippen LogP) is 2.24. The number of aliphatic carboxylic acids is 3. The van der Waals surface area contributed by atoms with Crippen LogP contribution in [0.4, 0.5) is 13.2 Å². The average molecular weight is 403 g/mol. The average Bonchev–Trinajstić information content (AvgIpc) is 3.14. The third kappa shape index (κ3) is 3.82. The zero-order valence-corrected chi connectivity index (χ0v) is 15.0. The van der Waals surface area contributed by atoms with Gasteiger partial charge in [-0.15, -0.1) is 0 Å². The molecule has 0 bridgehead atoms. The highest BCUT2D eigenvalue weighted by Crippen LogP contribution is 2.68. The Morgan fingerprint density at radius 2 is 1.43 bits per heavy atom. The summed E-state index contributed by atoms with van der Waals surface area (Å²) in [4.78, 5) is 33.9. The van der Waals surface area contributed by atoms with E-state index in [1.54, 1.807) is 0 Å². The molecule has 1 aliphatic heterocycles. The summed E-state index contributed by atoms with van der Waals surface area (Å²) in [5.41, 5.74) is 0.217. The van der Waals surface area contributed by atoms with E-state index >= 15 is 0 Å². The fourth-order valence-electron chi connectivity index (χ4n) is 3.81. The highest BCUT2D eigenvalue weighted by Gasteiger charge is 2.80. The van der Waals surface area contributed by atoms with Crippen LogP contribution in [0, 0.1) is 10.8 Å². The maximum atomic E-state index is 11.5. The lowest BCUT2D eigenvalue weighted by Gasteiger charge is -2.21. The summed E-state index contributed by atoms with van der Waals surface area (Å²) in [5, 5.41) is 26.0. The zero-order valence-electron chi connectivity index (χ0n) is 15.0. The first kappa shape index (κ1) is 21.7. The van der Waals surface area contributed by atoms with Crippen molar-refractivity contribution in [3.8, 4) is 0 Å². The monoisotopic (exact) mass is 403 g/mol. The van der Waals surface area contributed by atoms with Gasteiger partial charge in [0.25, 0.3) is 0 Å². The lowest BCUT2D eigenvalue weighted by molar-refractivity contribution is -0.192. The summed E-state index contributed by atoms with van der Waals surface area (Å²) >= 11 is 0. The fraction of sp³-hybridized carbons (Fsp3) is 0.500. The van der Waals surface area contributed by atoms with Crippen LogP contribution in [0.3, 0.4) is 0 Å². The molecule has 0 radical (unpaired) electrons.